The monoisotopic (exact) mass is 244 g/mol. The Hall–Kier alpha value is -1.68. The van der Waals surface area contributed by atoms with E-state index < -0.39 is 0 Å². The Balaban J connectivity index is 2.08. The van der Waals surface area contributed by atoms with Crippen LogP contribution in [0.4, 0.5) is 0 Å². The van der Waals surface area contributed by atoms with Crippen LogP contribution in [0.5, 0.6) is 0 Å². The van der Waals surface area contributed by atoms with Crippen LogP contribution in [-0.4, -0.2) is 26.5 Å². The largest absolute Gasteiger partial charge is 0.334 e. The van der Waals surface area contributed by atoms with Crippen molar-refractivity contribution >= 4 is 0 Å². The van der Waals surface area contributed by atoms with Crippen LogP contribution in [-0.2, 0) is 13.6 Å². The summed E-state index contributed by atoms with van der Waals surface area (Å²) in [7, 11) is 4.18. The van der Waals surface area contributed by atoms with E-state index in [1.54, 1.807) is 6.20 Å². The number of hydrogen-bond acceptors (Lipinski definition) is 3. The third kappa shape index (κ3) is 2.59. The van der Waals surface area contributed by atoms with Crippen LogP contribution in [0.15, 0.2) is 30.7 Å². The van der Waals surface area contributed by atoms with Crippen LogP contribution in [0.3, 0.4) is 0 Å². The zero-order chi connectivity index (χ0) is 13.1. The molecule has 0 amide bonds. The fourth-order valence-electron chi connectivity index (χ4n) is 1.97. The first kappa shape index (κ1) is 12.8. The minimum absolute atomic E-state index is 0.342. The molecule has 0 bridgehead atoms. The Labute approximate surface area is 108 Å². The highest BCUT2D eigenvalue weighted by molar-refractivity contribution is 5.13. The number of nitrogens with zero attached hydrogens (tertiary/aromatic N) is 4. The molecule has 0 aliphatic heterocycles. The molecule has 96 valence electrons. The maximum atomic E-state index is 4.33. The average Bonchev–Trinajstić information content (AvgIpc) is 2.71. The second-order valence-electron chi connectivity index (χ2n) is 4.73. The van der Waals surface area contributed by atoms with Crippen molar-refractivity contribution in [1.29, 1.82) is 0 Å². The summed E-state index contributed by atoms with van der Waals surface area (Å²) >= 11 is 0. The van der Waals surface area contributed by atoms with Gasteiger partial charge in [0.25, 0.3) is 0 Å². The molecule has 2 aromatic heterocycles. The Morgan fingerprint density at radius 2 is 2.17 bits per heavy atom. The van der Waals surface area contributed by atoms with Gasteiger partial charge in [0, 0.05) is 38.2 Å². The summed E-state index contributed by atoms with van der Waals surface area (Å²) in [4.78, 5) is 10.8. The maximum absolute atomic E-state index is 4.33. The first-order chi connectivity index (χ1) is 8.59. The van der Waals surface area contributed by atoms with E-state index >= 15 is 0 Å². The van der Waals surface area contributed by atoms with Gasteiger partial charge in [-0.25, -0.2) is 4.98 Å². The van der Waals surface area contributed by atoms with Crippen molar-refractivity contribution in [3.63, 3.8) is 0 Å². The van der Waals surface area contributed by atoms with Gasteiger partial charge in [0.2, 0.25) is 0 Å². The summed E-state index contributed by atoms with van der Waals surface area (Å²) in [5.41, 5.74) is 2.46. The Bertz CT molecular complexity index is 504. The molecule has 0 saturated heterocycles. The molecule has 0 aliphatic rings. The molecular weight excluding hydrogens is 224 g/mol. The maximum Gasteiger partial charge on any atom is 0.105 e. The summed E-state index contributed by atoms with van der Waals surface area (Å²) in [5, 5.41) is 0. The highest BCUT2D eigenvalue weighted by atomic mass is 15.2. The molecule has 2 heterocycles. The van der Waals surface area contributed by atoms with Crippen molar-refractivity contribution in [2.75, 3.05) is 7.05 Å². The lowest BCUT2D eigenvalue weighted by Gasteiger charge is -2.24. The molecular formula is C14H20N4. The highest BCUT2D eigenvalue weighted by Gasteiger charge is 2.13. The number of imidazole rings is 1. The summed E-state index contributed by atoms with van der Waals surface area (Å²) < 4.78 is 2.13. The fourth-order valence-corrected chi connectivity index (χ4v) is 1.97. The van der Waals surface area contributed by atoms with Gasteiger partial charge >= 0.3 is 0 Å². The second-order valence-corrected chi connectivity index (χ2v) is 4.73. The summed E-state index contributed by atoms with van der Waals surface area (Å²) in [6, 6.07) is 4.44. The van der Waals surface area contributed by atoms with E-state index in [4.69, 9.17) is 0 Å². The predicted molar refractivity (Wildman–Crippen MR) is 72.1 cm³/mol. The number of aromatic nitrogens is 3. The first-order valence-electron chi connectivity index (χ1n) is 6.17. The SMILES string of the molecule is Cc1ncc(CN(C)[C@@H](C)c2cccnc2)n1C. The molecule has 2 rings (SSSR count). The average molecular weight is 244 g/mol. The Morgan fingerprint density at radius 3 is 2.72 bits per heavy atom. The lowest BCUT2D eigenvalue weighted by Crippen LogP contribution is -2.23. The van der Waals surface area contributed by atoms with E-state index in [0.717, 1.165) is 12.4 Å². The minimum atomic E-state index is 0.342. The van der Waals surface area contributed by atoms with Crippen LogP contribution in [0.1, 0.15) is 30.0 Å². The van der Waals surface area contributed by atoms with Crippen LogP contribution in [0.2, 0.25) is 0 Å². The molecule has 0 fully saturated rings. The highest BCUT2D eigenvalue weighted by Crippen LogP contribution is 2.19. The molecule has 0 spiro atoms. The van der Waals surface area contributed by atoms with Gasteiger partial charge in [-0.05, 0) is 32.5 Å². The zero-order valence-corrected chi connectivity index (χ0v) is 11.5. The fraction of sp³-hybridized carbons (Fsp3) is 0.429. The Morgan fingerprint density at radius 1 is 1.39 bits per heavy atom. The molecule has 2 aromatic rings. The zero-order valence-electron chi connectivity index (χ0n) is 11.5. The van der Waals surface area contributed by atoms with E-state index in [1.165, 1.54) is 11.3 Å². The van der Waals surface area contributed by atoms with Crippen LogP contribution in [0, 0.1) is 6.92 Å². The predicted octanol–water partition coefficient (Wildman–Crippen LogP) is 2.32. The van der Waals surface area contributed by atoms with Crippen LogP contribution < -0.4 is 0 Å². The van der Waals surface area contributed by atoms with Crippen molar-refractivity contribution in [1.82, 2.24) is 19.4 Å². The van der Waals surface area contributed by atoms with Gasteiger partial charge in [0.05, 0.1) is 5.69 Å². The van der Waals surface area contributed by atoms with Gasteiger partial charge in [-0.15, -0.1) is 0 Å². The van der Waals surface area contributed by atoms with Gasteiger partial charge < -0.3 is 4.57 Å². The van der Waals surface area contributed by atoms with Gasteiger partial charge in [-0.2, -0.15) is 0 Å². The first-order valence-corrected chi connectivity index (χ1v) is 6.17. The molecule has 4 nitrogen and oxygen atoms in total. The van der Waals surface area contributed by atoms with Crippen molar-refractivity contribution < 1.29 is 0 Å². The smallest absolute Gasteiger partial charge is 0.105 e. The summed E-state index contributed by atoms with van der Waals surface area (Å²) in [6.07, 6.45) is 5.68. The molecule has 18 heavy (non-hydrogen) atoms. The number of hydrogen-bond donors (Lipinski definition) is 0. The van der Waals surface area contributed by atoms with E-state index in [-0.39, 0.29) is 0 Å². The van der Waals surface area contributed by atoms with E-state index in [1.807, 2.05) is 25.4 Å². The number of aryl methyl sites for hydroxylation is 1. The molecule has 0 aromatic carbocycles. The molecule has 0 N–H and O–H groups in total. The van der Waals surface area contributed by atoms with E-state index in [0.29, 0.717) is 6.04 Å². The second kappa shape index (κ2) is 5.31. The Kier molecular flexibility index (Phi) is 3.77. The topological polar surface area (TPSA) is 34.0 Å². The van der Waals surface area contributed by atoms with Gasteiger partial charge in [-0.1, -0.05) is 6.07 Å². The minimum Gasteiger partial charge on any atom is -0.334 e. The molecule has 0 saturated carbocycles. The van der Waals surface area contributed by atoms with Gasteiger partial charge in [0.1, 0.15) is 5.82 Å². The van der Waals surface area contributed by atoms with E-state index in [2.05, 4.69) is 46.5 Å². The summed E-state index contributed by atoms with van der Waals surface area (Å²) in [6.45, 7) is 5.10. The lowest BCUT2D eigenvalue weighted by atomic mass is 10.1. The third-order valence-corrected chi connectivity index (χ3v) is 3.56. The van der Waals surface area contributed by atoms with E-state index in [9.17, 15) is 0 Å². The van der Waals surface area contributed by atoms with Crippen LogP contribution >= 0.6 is 0 Å². The van der Waals surface area contributed by atoms with Gasteiger partial charge in [-0.3, -0.25) is 9.88 Å². The van der Waals surface area contributed by atoms with Crippen LogP contribution in [0.25, 0.3) is 0 Å². The van der Waals surface area contributed by atoms with Crippen molar-refractivity contribution in [3.05, 3.63) is 47.8 Å². The third-order valence-electron chi connectivity index (χ3n) is 3.56. The molecule has 0 aliphatic carbocycles. The molecule has 0 unspecified atom stereocenters. The number of pyridine rings is 1. The normalized spacial score (nSPS) is 12.9. The van der Waals surface area contributed by atoms with Crippen molar-refractivity contribution in [3.8, 4) is 0 Å². The molecule has 0 radical (unpaired) electrons. The number of rotatable bonds is 4. The van der Waals surface area contributed by atoms with Crippen molar-refractivity contribution in [2.24, 2.45) is 7.05 Å². The van der Waals surface area contributed by atoms with Gasteiger partial charge in [0.15, 0.2) is 0 Å². The molecule has 1 atom stereocenters. The van der Waals surface area contributed by atoms with Crippen molar-refractivity contribution in [2.45, 2.75) is 26.4 Å². The molecule has 4 heteroatoms. The lowest BCUT2D eigenvalue weighted by molar-refractivity contribution is 0.247. The quantitative estimate of drug-likeness (QED) is 0.827. The summed E-state index contributed by atoms with van der Waals surface area (Å²) in [5.74, 6) is 1.05. The standard InChI is InChI=1S/C14H20N4/c1-11(13-6-5-7-15-8-13)17(3)10-14-9-16-12(2)18(14)4/h5-9,11H,10H2,1-4H3/t11-/m0/s1.